The third-order valence-corrected chi connectivity index (χ3v) is 5.88. The van der Waals surface area contributed by atoms with E-state index >= 15 is 0 Å². The van der Waals surface area contributed by atoms with E-state index in [1.165, 1.54) is 0 Å². The maximum atomic E-state index is 12.5. The lowest BCUT2D eigenvalue weighted by atomic mass is 10.1. The van der Waals surface area contributed by atoms with Crippen molar-refractivity contribution in [1.82, 2.24) is 0 Å². The quantitative estimate of drug-likeness (QED) is 0.842. The summed E-state index contributed by atoms with van der Waals surface area (Å²) in [6, 6.07) is 2.85. The normalized spacial score (nSPS) is 24.9. The van der Waals surface area contributed by atoms with Gasteiger partial charge in [-0.3, -0.25) is 4.79 Å². The van der Waals surface area contributed by atoms with Gasteiger partial charge in [-0.15, -0.1) is 0 Å². The van der Waals surface area contributed by atoms with Gasteiger partial charge in [-0.05, 0) is 38.0 Å². The number of anilines is 1. The summed E-state index contributed by atoms with van der Waals surface area (Å²) >= 11 is 0. The first-order valence-electron chi connectivity index (χ1n) is 5.98. The molecule has 5 nitrogen and oxygen atoms in total. The van der Waals surface area contributed by atoms with Crippen molar-refractivity contribution in [3.63, 3.8) is 0 Å². The highest BCUT2D eigenvalue weighted by molar-refractivity contribution is 7.93. The number of benzene rings is 1. The summed E-state index contributed by atoms with van der Waals surface area (Å²) in [5.74, 6) is -1.30. The fourth-order valence-electron chi connectivity index (χ4n) is 2.73. The number of aryl methyl sites for hydroxylation is 2. The van der Waals surface area contributed by atoms with Crippen LogP contribution >= 0.6 is 0 Å². The van der Waals surface area contributed by atoms with E-state index in [1.807, 2.05) is 13.0 Å². The first-order chi connectivity index (χ1) is 8.67. The first-order valence-corrected chi connectivity index (χ1v) is 7.53. The number of nitrogens with zero attached hydrogens (tertiary/aromatic N) is 1. The fourth-order valence-corrected chi connectivity index (χ4v) is 4.90. The molecule has 1 aliphatic rings. The molecule has 1 aromatic carbocycles. The summed E-state index contributed by atoms with van der Waals surface area (Å²) in [5.41, 5.74) is 2.26. The van der Waals surface area contributed by atoms with Crippen molar-refractivity contribution < 1.29 is 18.3 Å². The van der Waals surface area contributed by atoms with Crippen LogP contribution in [0, 0.1) is 13.8 Å². The zero-order chi connectivity index (χ0) is 14.5. The third-order valence-electron chi connectivity index (χ3n) is 3.70. The molecule has 0 fully saturated rings. The van der Waals surface area contributed by atoms with Gasteiger partial charge in [0.05, 0.1) is 16.6 Å². The van der Waals surface area contributed by atoms with Gasteiger partial charge in [-0.25, -0.2) is 8.42 Å². The van der Waals surface area contributed by atoms with Crippen LogP contribution in [0.25, 0.3) is 0 Å². The van der Waals surface area contributed by atoms with E-state index in [-0.39, 0.29) is 4.90 Å². The van der Waals surface area contributed by atoms with Crippen LogP contribution in [0.15, 0.2) is 17.0 Å². The number of carboxylic acid groups (broad SMARTS) is 1. The third kappa shape index (κ3) is 1.90. The van der Waals surface area contributed by atoms with Crippen molar-refractivity contribution in [2.24, 2.45) is 0 Å². The monoisotopic (exact) mass is 283 g/mol. The second-order valence-electron chi connectivity index (χ2n) is 5.08. The predicted octanol–water partition coefficient (Wildman–Crippen LogP) is 1.37. The number of hydrogen-bond donors (Lipinski definition) is 1. The number of sulfone groups is 1. The van der Waals surface area contributed by atoms with Crippen LogP contribution in [0.4, 0.5) is 5.69 Å². The standard InChI is InChI=1S/C13H17NO4S/c1-7-5-8(2)11-10(6-7)19(17,18)12(13(15)16)9(3)14(11)4/h5-6,9,12H,1-4H3,(H,15,16). The molecule has 6 heteroatoms. The number of fused-ring (bicyclic) bond motifs is 1. The summed E-state index contributed by atoms with van der Waals surface area (Å²) in [6.07, 6.45) is 0. The molecule has 0 aromatic heterocycles. The first kappa shape index (κ1) is 13.9. The smallest absolute Gasteiger partial charge is 0.324 e. The Labute approximate surface area is 112 Å². The largest absolute Gasteiger partial charge is 0.480 e. The highest BCUT2D eigenvalue weighted by Gasteiger charge is 2.46. The maximum Gasteiger partial charge on any atom is 0.324 e. The lowest BCUT2D eigenvalue weighted by Crippen LogP contribution is -2.52. The molecule has 0 spiro atoms. The number of carboxylic acids is 1. The number of carbonyl (C=O) groups is 1. The van der Waals surface area contributed by atoms with Crippen molar-refractivity contribution in [1.29, 1.82) is 0 Å². The molecule has 0 saturated heterocycles. The van der Waals surface area contributed by atoms with Gasteiger partial charge in [-0.1, -0.05) is 6.07 Å². The second-order valence-corrected chi connectivity index (χ2v) is 7.12. The summed E-state index contributed by atoms with van der Waals surface area (Å²) in [7, 11) is -2.12. The van der Waals surface area contributed by atoms with Gasteiger partial charge in [0.15, 0.2) is 15.1 Å². The molecule has 0 bridgehead atoms. The highest BCUT2D eigenvalue weighted by atomic mass is 32.2. The molecule has 1 aliphatic heterocycles. The lowest BCUT2D eigenvalue weighted by Gasteiger charge is -2.38. The predicted molar refractivity (Wildman–Crippen MR) is 72.4 cm³/mol. The van der Waals surface area contributed by atoms with Crippen LogP contribution in [0.3, 0.4) is 0 Å². The van der Waals surface area contributed by atoms with Crippen LogP contribution in [-0.4, -0.2) is 37.8 Å². The average molecular weight is 283 g/mol. The van der Waals surface area contributed by atoms with Gasteiger partial charge in [0, 0.05) is 7.05 Å². The Morgan fingerprint density at radius 2 is 1.89 bits per heavy atom. The molecular weight excluding hydrogens is 266 g/mol. The molecule has 19 heavy (non-hydrogen) atoms. The SMILES string of the molecule is Cc1cc(C)c2c(c1)S(=O)(=O)C(C(=O)O)C(C)N2C. The van der Waals surface area contributed by atoms with E-state index in [0.717, 1.165) is 11.1 Å². The molecule has 0 amide bonds. The van der Waals surface area contributed by atoms with Crippen molar-refractivity contribution in [2.45, 2.75) is 37.0 Å². The molecule has 0 aliphatic carbocycles. The molecule has 0 saturated carbocycles. The van der Waals surface area contributed by atoms with Crippen LogP contribution in [0.2, 0.25) is 0 Å². The number of hydrogen-bond acceptors (Lipinski definition) is 4. The summed E-state index contributed by atoms with van der Waals surface area (Å²) in [4.78, 5) is 13.2. The van der Waals surface area contributed by atoms with Crippen molar-refractivity contribution in [3.05, 3.63) is 23.3 Å². The van der Waals surface area contributed by atoms with Crippen LogP contribution in [0.5, 0.6) is 0 Å². The number of aliphatic carboxylic acids is 1. The molecule has 104 valence electrons. The average Bonchev–Trinajstić information content (AvgIpc) is 2.24. The van der Waals surface area contributed by atoms with E-state index in [0.29, 0.717) is 5.69 Å². The Morgan fingerprint density at radius 3 is 2.42 bits per heavy atom. The molecule has 2 unspecified atom stereocenters. The Balaban J connectivity index is 2.83. The van der Waals surface area contributed by atoms with Gasteiger partial charge < -0.3 is 10.0 Å². The van der Waals surface area contributed by atoms with Crippen molar-refractivity contribution >= 4 is 21.5 Å². The van der Waals surface area contributed by atoms with Gasteiger partial charge in [0.25, 0.3) is 0 Å². The Morgan fingerprint density at radius 1 is 1.32 bits per heavy atom. The van der Waals surface area contributed by atoms with E-state index in [9.17, 15) is 18.3 Å². The van der Waals surface area contributed by atoms with Crippen LogP contribution < -0.4 is 4.90 Å². The Kier molecular flexibility index (Phi) is 3.09. The van der Waals surface area contributed by atoms with Crippen molar-refractivity contribution in [2.75, 3.05) is 11.9 Å². The van der Waals surface area contributed by atoms with Gasteiger partial charge in [0.2, 0.25) is 0 Å². The lowest BCUT2D eigenvalue weighted by molar-refractivity contribution is -0.136. The van der Waals surface area contributed by atoms with E-state index in [4.69, 9.17) is 0 Å². The minimum absolute atomic E-state index is 0.123. The van der Waals surface area contributed by atoms with E-state index < -0.39 is 27.1 Å². The minimum Gasteiger partial charge on any atom is -0.480 e. The van der Waals surface area contributed by atoms with Crippen LogP contribution in [0.1, 0.15) is 18.1 Å². The van der Waals surface area contributed by atoms with E-state index in [1.54, 1.807) is 31.9 Å². The van der Waals surface area contributed by atoms with E-state index in [2.05, 4.69) is 0 Å². The topological polar surface area (TPSA) is 74.7 Å². The number of rotatable bonds is 1. The zero-order valence-corrected chi connectivity index (χ0v) is 12.2. The Hall–Kier alpha value is -1.56. The van der Waals surface area contributed by atoms with Gasteiger partial charge >= 0.3 is 5.97 Å². The molecule has 1 heterocycles. The fraction of sp³-hybridized carbons (Fsp3) is 0.462. The van der Waals surface area contributed by atoms with Crippen molar-refractivity contribution in [3.8, 4) is 0 Å². The molecule has 1 aromatic rings. The minimum atomic E-state index is -3.85. The second kappa shape index (κ2) is 4.23. The molecule has 0 radical (unpaired) electrons. The van der Waals surface area contributed by atoms with Gasteiger partial charge in [-0.2, -0.15) is 0 Å². The molecule has 1 N–H and O–H groups in total. The van der Waals surface area contributed by atoms with Gasteiger partial charge in [0.1, 0.15) is 0 Å². The maximum absolute atomic E-state index is 12.5. The highest BCUT2D eigenvalue weighted by Crippen LogP contribution is 2.39. The zero-order valence-electron chi connectivity index (χ0n) is 11.3. The summed E-state index contributed by atoms with van der Waals surface area (Å²) < 4.78 is 25.0. The summed E-state index contributed by atoms with van der Waals surface area (Å²) in [6.45, 7) is 5.26. The van der Waals surface area contributed by atoms with Crippen LogP contribution in [-0.2, 0) is 14.6 Å². The molecular formula is C13H17NO4S. The molecule has 2 rings (SSSR count). The molecule has 2 atom stereocenters. The summed E-state index contributed by atoms with van der Waals surface area (Å²) in [5, 5.41) is 7.80. The Bertz CT molecular complexity index is 651.